The second-order valence-corrected chi connectivity index (χ2v) is 7.16. The lowest BCUT2D eigenvalue weighted by Crippen LogP contribution is -2.51. The zero-order chi connectivity index (χ0) is 18.3. The van der Waals surface area contributed by atoms with Crippen LogP contribution in [0.15, 0.2) is 30.3 Å². The summed E-state index contributed by atoms with van der Waals surface area (Å²) in [6.45, 7) is 4.78. The minimum absolute atomic E-state index is 0.254. The number of ether oxygens (including phenoxy) is 1. The summed E-state index contributed by atoms with van der Waals surface area (Å²) in [5, 5.41) is 5.53. The Morgan fingerprint density at radius 3 is 2.52 bits per heavy atom. The average Bonchev–Trinajstić information content (AvgIpc) is 3.38. The second kappa shape index (κ2) is 8.34. The summed E-state index contributed by atoms with van der Waals surface area (Å²) in [6.07, 6.45) is 3.46. The Hall–Kier alpha value is -2.08. The summed E-state index contributed by atoms with van der Waals surface area (Å²) >= 11 is 0. The van der Waals surface area contributed by atoms with Gasteiger partial charge in [-0.15, -0.1) is 0 Å². The molecule has 1 saturated carbocycles. The first-order valence-corrected chi connectivity index (χ1v) is 8.95. The normalized spacial score (nSPS) is 17.2. The molecule has 138 valence electrons. The Balaban J connectivity index is 1.77. The molecule has 1 fully saturated rings. The van der Waals surface area contributed by atoms with Crippen LogP contribution in [-0.4, -0.2) is 29.7 Å². The molecular formula is C19H29N3O3. The largest absolute Gasteiger partial charge is 0.433 e. The predicted molar refractivity (Wildman–Crippen MR) is 96.9 cm³/mol. The Morgan fingerprint density at radius 2 is 1.92 bits per heavy atom. The molecule has 0 aromatic heterocycles. The number of amides is 2. The van der Waals surface area contributed by atoms with Gasteiger partial charge in [0.1, 0.15) is 0 Å². The highest BCUT2D eigenvalue weighted by molar-refractivity contribution is 5.90. The number of alkyl carbamates (subject to hydrolysis) is 1. The molecule has 1 atom stereocenters. The van der Waals surface area contributed by atoms with Crippen molar-refractivity contribution in [3.63, 3.8) is 0 Å². The van der Waals surface area contributed by atoms with Gasteiger partial charge in [0.25, 0.3) is 5.91 Å². The van der Waals surface area contributed by atoms with E-state index in [0.29, 0.717) is 25.9 Å². The van der Waals surface area contributed by atoms with E-state index in [9.17, 15) is 9.59 Å². The van der Waals surface area contributed by atoms with Crippen LogP contribution in [0.1, 0.15) is 51.5 Å². The molecule has 1 aromatic rings. The third kappa shape index (κ3) is 6.05. The second-order valence-electron chi connectivity index (χ2n) is 7.16. The van der Waals surface area contributed by atoms with Crippen LogP contribution >= 0.6 is 0 Å². The zero-order valence-corrected chi connectivity index (χ0v) is 15.1. The van der Waals surface area contributed by atoms with Gasteiger partial charge in [-0.25, -0.2) is 4.79 Å². The van der Waals surface area contributed by atoms with Crippen molar-refractivity contribution in [3.8, 4) is 0 Å². The molecule has 1 aliphatic rings. The Bertz CT molecular complexity index is 583. The van der Waals surface area contributed by atoms with E-state index in [1.54, 1.807) is 0 Å². The number of hydrogen-bond donors (Lipinski definition) is 3. The van der Waals surface area contributed by atoms with E-state index in [4.69, 9.17) is 10.5 Å². The molecule has 0 bridgehead atoms. The van der Waals surface area contributed by atoms with Gasteiger partial charge in [-0.3, -0.25) is 4.79 Å². The molecule has 25 heavy (non-hydrogen) atoms. The molecule has 1 aromatic carbocycles. The number of nitrogens with two attached hydrogens (primary N) is 1. The summed E-state index contributed by atoms with van der Waals surface area (Å²) in [4.78, 5) is 24.4. The van der Waals surface area contributed by atoms with Crippen LogP contribution in [-0.2, 0) is 16.1 Å². The van der Waals surface area contributed by atoms with Gasteiger partial charge in [0, 0.05) is 31.5 Å². The van der Waals surface area contributed by atoms with E-state index < -0.39 is 17.2 Å². The van der Waals surface area contributed by atoms with Gasteiger partial charge in [-0.05, 0) is 18.9 Å². The molecular weight excluding hydrogens is 318 g/mol. The van der Waals surface area contributed by atoms with Crippen LogP contribution < -0.4 is 16.4 Å². The van der Waals surface area contributed by atoms with E-state index in [1.165, 1.54) is 0 Å². The van der Waals surface area contributed by atoms with Crippen molar-refractivity contribution < 1.29 is 14.3 Å². The third-order valence-corrected chi connectivity index (χ3v) is 4.44. The van der Waals surface area contributed by atoms with E-state index in [0.717, 1.165) is 24.8 Å². The molecule has 0 radical (unpaired) electrons. The Labute approximate surface area is 149 Å². The maximum atomic E-state index is 12.4. The highest BCUT2D eigenvalue weighted by atomic mass is 16.6. The molecule has 4 N–H and O–H groups in total. The number of rotatable bonds is 9. The van der Waals surface area contributed by atoms with Crippen molar-refractivity contribution in [3.05, 3.63) is 35.9 Å². The molecule has 2 amide bonds. The maximum absolute atomic E-state index is 12.4. The SMILES string of the molecule is CCCC[C@@](C)(N)CNC(=O)C1(OC(=O)NCc2ccccc2)CC1. The lowest BCUT2D eigenvalue weighted by molar-refractivity contribution is -0.131. The van der Waals surface area contributed by atoms with Gasteiger partial charge >= 0.3 is 6.09 Å². The zero-order valence-electron chi connectivity index (χ0n) is 15.1. The molecule has 0 spiro atoms. The lowest BCUT2D eigenvalue weighted by atomic mass is 9.96. The van der Waals surface area contributed by atoms with E-state index >= 15 is 0 Å². The smallest absolute Gasteiger partial charge is 0.408 e. The fourth-order valence-corrected chi connectivity index (χ4v) is 2.58. The van der Waals surface area contributed by atoms with Crippen LogP contribution in [0.3, 0.4) is 0 Å². The van der Waals surface area contributed by atoms with Gasteiger partial charge in [0.15, 0.2) is 5.60 Å². The Kier molecular flexibility index (Phi) is 6.42. The number of nitrogens with one attached hydrogen (secondary N) is 2. The number of benzene rings is 1. The maximum Gasteiger partial charge on any atom is 0.408 e. The molecule has 0 heterocycles. The first-order valence-electron chi connectivity index (χ1n) is 8.95. The summed E-state index contributed by atoms with van der Waals surface area (Å²) < 4.78 is 5.38. The van der Waals surface area contributed by atoms with Crippen LogP contribution in [0.5, 0.6) is 0 Å². The number of carbonyl (C=O) groups is 2. The van der Waals surface area contributed by atoms with E-state index in [2.05, 4.69) is 17.6 Å². The molecule has 1 aliphatic carbocycles. The van der Waals surface area contributed by atoms with Gasteiger partial charge < -0.3 is 21.1 Å². The van der Waals surface area contributed by atoms with Crippen LogP contribution in [0.4, 0.5) is 4.79 Å². The van der Waals surface area contributed by atoms with Crippen LogP contribution in [0.2, 0.25) is 0 Å². The monoisotopic (exact) mass is 347 g/mol. The molecule has 0 saturated heterocycles. The molecule has 0 aliphatic heterocycles. The summed E-state index contributed by atoms with van der Waals surface area (Å²) in [6, 6.07) is 9.55. The summed E-state index contributed by atoms with van der Waals surface area (Å²) in [5.41, 5.74) is 5.70. The summed E-state index contributed by atoms with van der Waals surface area (Å²) in [7, 11) is 0. The Morgan fingerprint density at radius 1 is 1.24 bits per heavy atom. The highest BCUT2D eigenvalue weighted by Crippen LogP contribution is 2.40. The van der Waals surface area contributed by atoms with Crippen molar-refractivity contribution in [2.24, 2.45) is 5.73 Å². The quantitative estimate of drug-likeness (QED) is 0.640. The molecule has 0 unspecified atom stereocenters. The minimum Gasteiger partial charge on any atom is -0.433 e. The van der Waals surface area contributed by atoms with E-state index in [1.807, 2.05) is 37.3 Å². The van der Waals surface area contributed by atoms with Gasteiger partial charge in [-0.1, -0.05) is 50.1 Å². The fourth-order valence-electron chi connectivity index (χ4n) is 2.58. The fraction of sp³-hybridized carbons (Fsp3) is 0.579. The lowest BCUT2D eigenvalue weighted by Gasteiger charge is -2.26. The van der Waals surface area contributed by atoms with Gasteiger partial charge in [0.2, 0.25) is 0 Å². The molecule has 2 rings (SSSR count). The van der Waals surface area contributed by atoms with Crippen molar-refractivity contribution in [1.29, 1.82) is 0 Å². The van der Waals surface area contributed by atoms with Crippen molar-refractivity contribution in [2.75, 3.05) is 6.54 Å². The summed E-state index contributed by atoms with van der Waals surface area (Å²) in [5.74, 6) is -0.254. The van der Waals surface area contributed by atoms with Crippen LogP contribution in [0, 0.1) is 0 Å². The highest BCUT2D eigenvalue weighted by Gasteiger charge is 2.54. The van der Waals surface area contributed by atoms with Gasteiger partial charge in [0.05, 0.1) is 0 Å². The van der Waals surface area contributed by atoms with Gasteiger partial charge in [-0.2, -0.15) is 0 Å². The number of hydrogen-bond acceptors (Lipinski definition) is 4. The topological polar surface area (TPSA) is 93.4 Å². The number of carbonyl (C=O) groups excluding carboxylic acids is 2. The standard InChI is InChI=1S/C19H29N3O3/c1-3-4-10-18(2,20)14-22-16(23)19(11-12-19)25-17(24)21-13-15-8-6-5-7-9-15/h5-9H,3-4,10-14,20H2,1-2H3,(H,21,24)(H,22,23)/t18-/m1/s1. The minimum atomic E-state index is -1.03. The molecule has 6 nitrogen and oxygen atoms in total. The number of unbranched alkanes of at least 4 members (excludes halogenated alkanes) is 1. The third-order valence-electron chi connectivity index (χ3n) is 4.44. The first kappa shape index (κ1) is 19.2. The van der Waals surface area contributed by atoms with Crippen molar-refractivity contribution >= 4 is 12.0 Å². The molecule has 6 heteroatoms. The predicted octanol–water partition coefficient (Wildman–Crippen LogP) is 2.47. The van der Waals surface area contributed by atoms with E-state index in [-0.39, 0.29) is 5.91 Å². The first-order chi connectivity index (χ1) is 11.9. The van der Waals surface area contributed by atoms with Crippen molar-refractivity contribution in [2.45, 2.75) is 63.6 Å². The van der Waals surface area contributed by atoms with Crippen LogP contribution in [0.25, 0.3) is 0 Å². The average molecular weight is 347 g/mol. The van der Waals surface area contributed by atoms with Crippen molar-refractivity contribution in [1.82, 2.24) is 10.6 Å².